The van der Waals surface area contributed by atoms with Gasteiger partial charge in [0.25, 0.3) is 0 Å². The quantitative estimate of drug-likeness (QED) is 0.708. The molecule has 0 unspecified atom stereocenters. The summed E-state index contributed by atoms with van der Waals surface area (Å²) in [5.41, 5.74) is 3.42. The monoisotopic (exact) mass is 179 g/mol. The highest BCUT2D eigenvalue weighted by molar-refractivity contribution is 5.08. The summed E-state index contributed by atoms with van der Waals surface area (Å²) >= 11 is 0. The van der Waals surface area contributed by atoms with E-state index in [1.807, 2.05) is 25.6 Å². The average Bonchev–Trinajstić information content (AvgIpc) is 2.29. The predicted molar refractivity (Wildman–Crippen MR) is 54.5 cm³/mol. The van der Waals surface area contributed by atoms with Gasteiger partial charge in [0.05, 0.1) is 11.4 Å². The molecule has 0 aromatic carbocycles. The highest BCUT2D eigenvalue weighted by atomic mass is 15.3. The maximum atomic E-state index is 4.26. The first-order chi connectivity index (χ1) is 6.09. The second kappa shape index (κ2) is 4.23. The molecule has 0 bridgehead atoms. The van der Waals surface area contributed by atoms with Crippen LogP contribution in [0.25, 0.3) is 0 Å². The fraction of sp³-hybridized carbons (Fsp3) is 0.500. The van der Waals surface area contributed by atoms with Crippen LogP contribution in [0.3, 0.4) is 0 Å². The predicted octanol–water partition coefficient (Wildman–Crippen LogP) is 1.39. The molecular weight excluding hydrogens is 162 g/mol. The normalized spacial score (nSPS) is 10.4. The first-order valence-electron chi connectivity index (χ1n) is 4.44. The van der Waals surface area contributed by atoms with Crippen molar-refractivity contribution in [3.63, 3.8) is 0 Å². The molecule has 0 radical (unpaired) electrons. The molecule has 0 spiro atoms. The van der Waals surface area contributed by atoms with Gasteiger partial charge in [0.1, 0.15) is 0 Å². The van der Waals surface area contributed by atoms with E-state index in [0.29, 0.717) is 0 Å². The van der Waals surface area contributed by atoms with Gasteiger partial charge >= 0.3 is 0 Å². The van der Waals surface area contributed by atoms with Crippen LogP contribution >= 0.6 is 0 Å². The summed E-state index contributed by atoms with van der Waals surface area (Å²) in [5.74, 6) is 0. The van der Waals surface area contributed by atoms with E-state index < -0.39 is 0 Å². The van der Waals surface area contributed by atoms with Gasteiger partial charge < -0.3 is 5.32 Å². The Bertz CT molecular complexity index is 299. The van der Waals surface area contributed by atoms with Crippen molar-refractivity contribution in [1.82, 2.24) is 15.1 Å². The Labute approximate surface area is 79.5 Å². The third-order valence-electron chi connectivity index (χ3n) is 1.83. The maximum absolute atomic E-state index is 4.26. The Kier molecular flexibility index (Phi) is 3.25. The van der Waals surface area contributed by atoms with E-state index in [9.17, 15) is 0 Å². The third kappa shape index (κ3) is 3.03. The molecule has 0 atom stereocenters. The molecule has 0 saturated carbocycles. The van der Waals surface area contributed by atoms with Crippen LogP contribution in [0.4, 0.5) is 0 Å². The van der Waals surface area contributed by atoms with E-state index in [0.717, 1.165) is 24.4 Å². The van der Waals surface area contributed by atoms with Crippen molar-refractivity contribution in [2.24, 2.45) is 7.05 Å². The molecule has 0 aliphatic carbocycles. The minimum absolute atomic E-state index is 0.851. The van der Waals surface area contributed by atoms with E-state index >= 15 is 0 Å². The lowest BCUT2D eigenvalue weighted by atomic mass is 10.3. The molecule has 13 heavy (non-hydrogen) atoms. The summed E-state index contributed by atoms with van der Waals surface area (Å²) in [6.45, 7) is 9.56. The lowest BCUT2D eigenvalue weighted by Gasteiger charge is -2.03. The number of hydrogen-bond acceptors (Lipinski definition) is 2. The van der Waals surface area contributed by atoms with E-state index in [1.165, 1.54) is 5.69 Å². The third-order valence-corrected chi connectivity index (χ3v) is 1.83. The van der Waals surface area contributed by atoms with E-state index in [2.05, 4.69) is 23.1 Å². The lowest BCUT2D eigenvalue weighted by molar-refractivity contribution is 0.646. The molecule has 3 heteroatoms. The van der Waals surface area contributed by atoms with E-state index in [4.69, 9.17) is 0 Å². The van der Waals surface area contributed by atoms with Crippen LogP contribution in [0.15, 0.2) is 18.2 Å². The second-order valence-electron chi connectivity index (χ2n) is 3.46. The fourth-order valence-corrected chi connectivity index (χ4v) is 1.23. The van der Waals surface area contributed by atoms with Gasteiger partial charge in [0.15, 0.2) is 0 Å². The zero-order valence-corrected chi connectivity index (χ0v) is 8.59. The SMILES string of the molecule is C=C(C)CNCc1cc(C)nn1C. The minimum atomic E-state index is 0.851. The summed E-state index contributed by atoms with van der Waals surface area (Å²) in [7, 11) is 1.96. The largest absolute Gasteiger partial charge is 0.307 e. The smallest absolute Gasteiger partial charge is 0.0597 e. The molecule has 0 amide bonds. The number of aromatic nitrogens is 2. The van der Waals surface area contributed by atoms with Gasteiger partial charge in [0.2, 0.25) is 0 Å². The highest BCUT2D eigenvalue weighted by Crippen LogP contribution is 2.00. The second-order valence-corrected chi connectivity index (χ2v) is 3.46. The maximum Gasteiger partial charge on any atom is 0.0597 e. The van der Waals surface area contributed by atoms with Crippen LogP contribution < -0.4 is 5.32 Å². The molecule has 0 aliphatic heterocycles. The number of hydrogen-bond donors (Lipinski definition) is 1. The van der Waals surface area contributed by atoms with Crippen molar-refractivity contribution < 1.29 is 0 Å². The van der Waals surface area contributed by atoms with Crippen LogP contribution in [0.1, 0.15) is 18.3 Å². The molecule has 1 aromatic rings. The zero-order chi connectivity index (χ0) is 9.84. The number of nitrogens with one attached hydrogen (secondary N) is 1. The molecule has 0 aliphatic rings. The van der Waals surface area contributed by atoms with Crippen LogP contribution in [-0.2, 0) is 13.6 Å². The first-order valence-corrected chi connectivity index (χ1v) is 4.44. The van der Waals surface area contributed by atoms with Crippen molar-refractivity contribution in [2.75, 3.05) is 6.54 Å². The number of nitrogens with zero attached hydrogens (tertiary/aromatic N) is 2. The minimum Gasteiger partial charge on any atom is -0.307 e. The molecule has 1 N–H and O–H groups in total. The summed E-state index contributed by atoms with van der Waals surface area (Å²) in [6, 6.07) is 2.09. The van der Waals surface area contributed by atoms with Crippen molar-refractivity contribution >= 4 is 0 Å². The average molecular weight is 179 g/mol. The Hall–Kier alpha value is -1.09. The molecular formula is C10H17N3. The number of aryl methyl sites for hydroxylation is 2. The van der Waals surface area contributed by atoms with Crippen LogP contribution in [-0.4, -0.2) is 16.3 Å². The fourth-order valence-electron chi connectivity index (χ4n) is 1.23. The molecule has 0 saturated heterocycles. The Morgan fingerprint density at radius 2 is 2.38 bits per heavy atom. The van der Waals surface area contributed by atoms with Crippen LogP contribution in [0.5, 0.6) is 0 Å². The van der Waals surface area contributed by atoms with Gasteiger partial charge in [-0.05, 0) is 19.9 Å². The molecule has 3 nitrogen and oxygen atoms in total. The van der Waals surface area contributed by atoms with E-state index in [-0.39, 0.29) is 0 Å². The highest BCUT2D eigenvalue weighted by Gasteiger charge is 2.00. The summed E-state index contributed by atoms with van der Waals surface area (Å²) in [6.07, 6.45) is 0. The van der Waals surface area contributed by atoms with Gasteiger partial charge in [-0.2, -0.15) is 5.10 Å². The standard InChI is InChI=1S/C10H17N3/c1-8(2)6-11-7-10-5-9(3)12-13(10)4/h5,11H,1,6-7H2,2-4H3. The Balaban J connectivity index is 2.45. The van der Waals surface area contributed by atoms with Crippen LogP contribution in [0.2, 0.25) is 0 Å². The molecule has 1 heterocycles. The van der Waals surface area contributed by atoms with Crippen molar-refractivity contribution in [1.29, 1.82) is 0 Å². The van der Waals surface area contributed by atoms with Crippen molar-refractivity contribution in [2.45, 2.75) is 20.4 Å². The first kappa shape index (κ1) is 9.99. The van der Waals surface area contributed by atoms with Gasteiger partial charge in [-0.1, -0.05) is 12.2 Å². The summed E-state index contributed by atoms with van der Waals surface area (Å²) in [5, 5.41) is 7.56. The van der Waals surface area contributed by atoms with Gasteiger partial charge in [0, 0.05) is 20.1 Å². The molecule has 72 valence electrons. The van der Waals surface area contributed by atoms with Gasteiger partial charge in [-0.15, -0.1) is 0 Å². The van der Waals surface area contributed by atoms with Crippen molar-refractivity contribution in [3.05, 3.63) is 29.6 Å². The van der Waals surface area contributed by atoms with Crippen molar-refractivity contribution in [3.8, 4) is 0 Å². The number of rotatable bonds is 4. The molecule has 0 fully saturated rings. The zero-order valence-electron chi connectivity index (χ0n) is 8.59. The van der Waals surface area contributed by atoms with Crippen LogP contribution in [0, 0.1) is 6.92 Å². The summed E-state index contributed by atoms with van der Waals surface area (Å²) < 4.78 is 1.90. The Morgan fingerprint density at radius 1 is 1.69 bits per heavy atom. The molecule has 1 aromatic heterocycles. The summed E-state index contributed by atoms with van der Waals surface area (Å²) in [4.78, 5) is 0. The van der Waals surface area contributed by atoms with Gasteiger partial charge in [-0.25, -0.2) is 0 Å². The molecule has 1 rings (SSSR count). The Morgan fingerprint density at radius 3 is 2.85 bits per heavy atom. The van der Waals surface area contributed by atoms with E-state index in [1.54, 1.807) is 0 Å². The van der Waals surface area contributed by atoms with Gasteiger partial charge in [-0.3, -0.25) is 4.68 Å². The topological polar surface area (TPSA) is 29.9 Å². The lowest BCUT2D eigenvalue weighted by Crippen LogP contribution is -2.17.